The van der Waals surface area contributed by atoms with Gasteiger partial charge in [-0.25, -0.2) is 0 Å². The van der Waals surface area contributed by atoms with Gasteiger partial charge in [0, 0.05) is 38.6 Å². The maximum atomic E-state index is 6.27. The summed E-state index contributed by atoms with van der Waals surface area (Å²) < 4.78 is 12.5. The number of fused-ring (bicyclic) bond motifs is 9. The highest BCUT2D eigenvalue weighted by atomic mass is 16.3. The number of hydrogen-bond donors (Lipinski definition) is 0. The Labute approximate surface area is 270 Å². The van der Waals surface area contributed by atoms with Crippen LogP contribution in [0.1, 0.15) is 0 Å². The molecule has 10 aromatic rings. The molecule has 0 bridgehead atoms. The van der Waals surface area contributed by atoms with E-state index in [1.165, 1.54) is 27.3 Å². The maximum absolute atomic E-state index is 6.27. The monoisotopic (exact) mass is 601 g/mol. The number of furan rings is 2. The third-order valence-corrected chi connectivity index (χ3v) is 9.45. The largest absolute Gasteiger partial charge is 0.456 e. The molecule has 2 heterocycles. The molecule has 0 radical (unpaired) electrons. The topological polar surface area (TPSA) is 29.5 Å². The van der Waals surface area contributed by atoms with Crippen LogP contribution in [0.5, 0.6) is 0 Å². The summed E-state index contributed by atoms with van der Waals surface area (Å²) in [6.07, 6.45) is 0. The molecule has 0 atom stereocenters. The molecule has 0 aliphatic rings. The van der Waals surface area contributed by atoms with E-state index in [0.717, 1.165) is 66.3 Å². The average Bonchev–Trinajstić information content (AvgIpc) is 3.70. The summed E-state index contributed by atoms with van der Waals surface area (Å²) >= 11 is 0. The summed E-state index contributed by atoms with van der Waals surface area (Å²) in [5.74, 6) is 0. The Kier molecular flexibility index (Phi) is 5.57. The second-order valence-electron chi connectivity index (χ2n) is 12.1. The van der Waals surface area contributed by atoms with Crippen molar-refractivity contribution in [1.29, 1.82) is 0 Å². The lowest BCUT2D eigenvalue weighted by Crippen LogP contribution is -2.09. The van der Waals surface area contributed by atoms with Crippen molar-refractivity contribution in [3.63, 3.8) is 0 Å². The Morgan fingerprint density at radius 2 is 0.894 bits per heavy atom. The van der Waals surface area contributed by atoms with Gasteiger partial charge in [0.15, 0.2) is 0 Å². The zero-order chi connectivity index (χ0) is 30.9. The summed E-state index contributed by atoms with van der Waals surface area (Å²) in [5.41, 5.74) is 9.19. The van der Waals surface area contributed by atoms with E-state index < -0.39 is 0 Å². The molecule has 0 saturated carbocycles. The zero-order valence-corrected chi connectivity index (χ0v) is 25.4. The van der Waals surface area contributed by atoms with Gasteiger partial charge < -0.3 is 13.7 Å². The van der Waals surface area contributed by atoms with Crippen LogP contribution in [0.3, 0.4) is 0 Å². The molecule has 3 heteroatoms. The molecule has 8 aromatic carbocycles. The van der Waals surface area contributed by atoms with E-state index in [9.17, 15) is 0 Å². The number of hydrogen-bond acceptors (Lipinski definition) is 3. The van der Waals surface area contributed by atoms with Crippen molar-refractivity contribution in [2.75, 3.05) is 4.90 Å². The molecule has 0 aliphatic heterocycles. The average molecular weight is 602 g/mol. The first-order chi connectivity index (χ1) is 23.3. The Hall–Kier alpha value is -6.32. The second kappa shape index (κ2) is 10.1. The van der Waals surface area contributed by atoms with Crippen LogP contribution < -0.4 is 4.90 Å². The molecule has 0 spiro atoms. The zero-order valence-electron chi connectivity index (χ0n) is 25.4. The van der Waals surface area contributed by atoms with Crippen molar-refractivity contribution in [3.8, 4) is 11.1 Å². The smallest absolute Gasteiger partial charge is 0.136 e. The first kappa shape index (κ1) is 26.0. The Bertz CT molecular complexity index is 2800. The van der Waals surface area contributed by atoms with E-state index in [1.807, 2.05) is 24.3 Å². The molecule has 47 heavy (non-hydrogen) atoms. The van der Waals surface area contributed by atoms with Gasteiger partial charge in [0.1, 0.15) is 22.3 Å². The highest BCUT2D eigenvalue weighted by molar-refractivity contribution is 6.19. The van der Waals surface area contributed by atoms with Crippen LogP contribution in [-0.4, -0.2) is 0 Å². The lowest BCUT2D eigenvalue weighted by molar-refractivity contribution is 0.668. The van der Waals surface area contributed by atoms with Crippen molar-refractivity contribution >= 4 is 82.5 Å². The van der Waals surface area contributed by atoms with Gasteiger partial charge in [-0.15, -0.1) is 0 Å². The third kappa shape index (κ3) is 4.07. The van der Waals surface area contributed by atoms with Crippen molar-refractivity contribution < 1.29 is 8.83 Å². The van der Waals surface area contributed by atoms with Gasteiger partial charge in [-0.1, -0.05) is 103 Å². The van der Waals surface area contributed by atoms with Crippen LogP contribution in [0, 0.1) is 0 Å². The van der Waals surface area contributed by atoms with E-state index in [0.29, 0.717) is 0 Å². The van der Waals surface area contributed by atoms with Gasteiger partial charge in [-0.3, -0.25) is 0 Å². The quantitative estimate of drug-likeness (QED) is 0.201. The number of rotatable bonds is 4. The molecule has 3 nitrogen and oxygen atoms in total. The van der Waals surface area contributed by atoms with Crippen LogP contribution in [0.2, 0.25) is 0 Å². The molecule has 0 fully saturated rings. The SMILES string of the molecule is c1ccc2c(-c3ccc(N(c4ccc5oc6ccccc6c5c4)c4ccc5ccc6oc7ccccc7c6c5c4)cc3)cccc2c1. The highest BCUT2D eigenvalue weighted by Gasteiger charge is 2.18. The predicted molar refractivity (Wildman–Crippen MR) is 196 cm³/mol. The molecular formula is C44H27NO2. The summed E-state index contributed by atoms with van der Waals surface area (Å²) in [6, 6.07) is 58.0. The van der Waals surface area contributed by atoms with Gasteiger partial charge >= 0.3 is 0 Å². The predicted octanol–water partition coefficient (Wildman–Crippen LogP) is 12.9. The van der Waals surface area contributed by atoms with Crippen LogP contribution in [0.4, 0.5) is 17.1 Å². The van der Waals surface area contributed by atoms with E-state index in [-0.39, 0.29) is 0 Å². The van der Waals surface area contributed by atoms with Crippen molar-refractivity contribution in [2.45, 2.75) is 0 Å². The Balaban J connectivity index is 1.19. The number of nitrogens with zero attached hydrogens (tertiary/aromatic N) is 1. The summed E-state index contributed by atoms with van der Waals surface area (Å²) in [5, 5.41) is 9.31. The highest BCUT2D eigenvalue weighted by Crippen LogP contribution is 2.42. The molecule has 0 amide bonds. The minimum atomic E-state index is 0.881. The fourth-order valence-corrected chi connectivity index (χ4v) is 7.24. The van der Waals surface area contributed by atoms with Crippen molar-refractivity contribution in [1.82, 2.24) is 0 Å². The third-order valence-electron chi connectivity index (χ3n) is 9.45. The maximum Gasteiger partial charge on any atom is 0.136 e. The van der Waals surface area contributed by atoms with E-state index in [4.69, 9.17) is 8.83 Å². The Morgan fingerprint density at radius 3 is 1.74 bits per heavy atom. The van der Waals surface area contributed by atoms with E-state index in [2.05, 4.69) is 144 Å². The molecular weight excluding hydrogens is 574 g/mol. The molecule has 2 aromatic heterocycles. The lowest BCUT2D eigenvalue weighted by Gasteiger charge is -2.26. The van der Waals surface area contributed by atoms with Gasteiger partial charge in [0.25, 0.3) is 0 Å². The fraction of sp³-hybridized carbons (Fsp3) is 0. The van der Waals surface area contributed by atoms with Crippen LogP contribution in [-0.2, 0) is 0 Å². The van der Waals surface area contributed by atoms with E-state index >= 15 is 0 Å². The lowest BCUT2D eigenvalue weighted by atomic mass is 9.98. The molecule has 0 unspecified atom stereocenters. The summed E-state index contributed by atoms with van der Waals surface area (Å²) in [7, 11) is 0. The van der Waals surface area contributed by atoms with Crippen molar-refractivity contribution in [2.24, 2.45) is 0 Å². The van der Waals surface area contributed by atoms with E-state index in [1.54, 1.807) is 0 Å². The minimum absolute atomic E-state index is 0.881. The van der Waals surface area contributed by atoms with Gasteiger partial charge in [0.05, 0.1) is 0 Å². The first-order valence-corrected chi connectivity index (χ1v) is 15.9. The van der Waals surface area contributed by atoms with Crippen LogP contribution in [0.15, 0.2) is 173 Å². The number of benzene rings is 8. The summed E-state index contributed by atoms with van der Waals surface area (Å²) in [6.45, 7) is 0. The normalized spacial score (nSPS) is 11.8. The molecule has 10 rings (SSSR count). The summed E-state index contributed by atoms with van der Waals surface area (Å²) in [4.78, 5) is 2.34. The van der Waals surface area contributed by atoms with Gasteiger partial charge in [-0.2, -0.15) is 0 Å². The van der Waals surface area contributed by atoms with Crippen LogP contribution in [0.25, 0.3) is 76.5 Å². The standard InChI is InChI=1S/C44H27NO2/c1-2-10-34-28(8-1)9-7-13-35(34)29-16-20-31(21-17-29)45(33-23-25-42-39(27-33)36-11-3-5-14-40(36)46-42)32-22-18-30-19-24-43-44(38(30)26-32)37-12-4-6-15-41(37)47-43/h1-27H. The number of para-hydroxylation sites is 2. The van der Waals surface area contributed by atoms with Gasteiger partial charge in [0.2, 0.25) is 0 Å². The molecule has 0 N–H and O–H groups in total. The second-order valence-corrected chi connectivity index (χ2v) is 12.1. The van der Waals surface area contributed by atoms with Crippen LogP contribution >= 0.6 is 0 Å². The van der Waals surface area contributed by atoms with Crippen molar-refractivity contribution in [3.05, 3.63) is 164 Å². The molecule has 220 valence electrons. The molecule has 0 saturated heterocycles. The van der Waals surface area contributed by atoms with Gasteiger partial charge in [-0.05, 0) is 93.3 Å². The fourth-order valence-electron chi connectivity index (χ4n) is 7.24. The minimum Gasteiger partial charge on any atom is -0.456 e. The molecule has 0 aliphatic carbocycles. The Morgan fingerprint density at radius 1 is 0.340 bits per heavy atom. The first-order valence-electron chi connectivity index (χ1n) is 15.9. The number of anilines is 3.